The lowest BCUT2D eigenvalue weighted by Crippen LogP contribution is -2.54. The largest absolute Gasteiger partial charge is 0.359 e. The topological polar surface area (TPSA) is 62.3 Å². The maximum atomic E-state index is 13.2. The summed E-state index contributed by atoms with van der Waals surface area (Å²) in [6.07, 6.45) is 6.10. The molecule has 1 fully saturated rings. The minimum absolute atomic E-state index is 0.00340. The summed E-state index contributed by atoms with van der Waals surface area (Å²) in [6, 6.07) is 20.2. The highest BCUT2D eigenvalue weighted by atomic mass is 16.2. The Hall–Kier alpha value is -3.47. The van der Waals surface area contributed by atoms with Crippen molar-refractivity contribution < 1.29 is 9.59 Å². The van der Waals surface area contributed by atoms with Gasteiger partial charge in [0.2, 0.25) is 11.8 Å². The Bertz CT molecular complexity index is 1110. The summed E-state index contributed by atoms with van der Waals surface area (Å²) in [7, 11) is 1.68. The van der Waals surface area contributed by atoms with E-state index in [-0.39, 0.29) is 11.8 Å². The van der Waals surface area contributed by atoms with E-state index in [2.05, 4.69) is 22.4 Å². The van der Waals surface area contributed by atoms with E-state index in [9.17, 15) is 9.59 Å². The molecular formula is C28H31N3O2. The van der Waals surface area contributed by atoms with Gasteiger partial charge in [0.05, 0.1) is 11.8 Å². The van der Waals surface area contributed by atoms with Crippen LogP contribution in [0.1, 0.15) is 29.5 Å². The highest BCUT2D eigenvalue weighted by Gasteiger charge is 2.43. The van der Waals surface area contributed by atoms with Gasteiger partial charge in [-0.2, -0.15) is 0 Å². The third kappa shape index (κ3) is 5.14. The van der Waals surface area contributed by atoms with Crippen molar-refractivity contribution >= 4 is 11.8 Å². The molecule has 0 radical (unpaired) electrons. The number of benzene rings is 2. The second kappa shape index (κ2) is 9.99. The molecule has 1 N–H and O–H groups in total. The van der Waals surface area contributed by atoms with Crippen LogP contribution in [-0.4, -0.2) is 41.8 Å². The number of rotatable bonds is 6. The number of carbonyl (C=O) groups excluding carboxylic acids is 2. The van der Waals surface area contributed by atoms with E-state index in [0.29, 0.717) is 25.9 Å². The first-order valence-electron chi connectivity index (χ1n) is 11.5. The number of hydrogen-bond donors (Lipinski definition) is 1. The number of aryl methyl sites for hydroxylation is 1. The lowest BCUT2D eigenvalue weighted by Gasteiger charge is -2.42. The number of hydrogen-bond acceptors (Lipinski definition) is 3. The second-order valence-electron chi connectivity index (χ2n) is 9.02. The Morgan fingerprint density at radius 1 is 1.06 bits per heavy atom. The first-order valence-corrected chi connectivity index (χ1v) is 11.5. The van der Waals surface area contributed by atoms with Gasteiger partial charge in [-0.05, 0) is 48.9 Å². The normalized spacial score (nSPS) is 18.1. The van der Waals surface area contributed by atoms with Crippen molar-refractivity contribution in [2.24, 2.45) is 5.41 Å². The molecular weight excluding hydrogens is 410 g/mol. The number of nitrogens with one attached hydrogen (secondary N) is 1. The fourth-order valence-corrected chi connectivity index (χ4v) is 4.85. The Labute approximate surface area is 195 Å². The Morgan fingerprint density at radius 2 is 1.85 bits per heavy atom. The summed E-state index contributed by atoms with van der Waals surface area (Å²) in [4.78, 5) is 32.6. The van der Waals surface area contributed by atoms with Crippen LogP contribution in [-0.2, 0) is 22.4 Å². The quantitative estimate of drug-likeness (QED) is 0.624. The molecule has 4 rings (SSSR count). The van der Waals surface area contributed by atoms with Gasteiger partial charge in [0.1, 0.15) is 0 Å². The molecule has 5 heteroatoms. The van der Waals surface area contributed by atoms with E-state index in [0.717, 1.165) is 35.1 Å². The summed E-state index contributed by atoms with van der Waals surface area (Å²) in [6.45, 7) is 3.16. The Kier molecular flexibility index (Phi) is 6.87. The van der Waals surface area contributed by atoms with Gasteiger partial charge in [0.25, 0.3) is 0 Å². The first-order chi connectivity index (χ1) is 16.0. The maximum absolute atomic E-state index is 13.2. The van der Waals surface area contributed by atoms with Crippen LogP contribution in [0.5, 0.6) is 0 Å². The van der Waals surface area contributed by atoms with Crippen molar-refractivity contribution in [1.29, 1.82) is 0 Å². The number of amides is 2. The molecule has 2 heterocycles. The molecule has 0 spiro atoms. The van der Waals surface area contributed by atoms with Crippen molar-refractivity contribution in [3.05, 3.63) is 89.7 Å². The average Bonchev–Trinajstić information content (AvgIpc) is 2.86. The summed E-state index contributed by atoms with van der Waals surface area (Å²) in [5.74, 6) is 0.0729. The van der Waals surface area contributed by atoms with Crippen LogP contribution in [0.3, 0.4) is 0 Å². The second-order valence-corrected chi connectivity index (χ2v) is 9.02. The summed E-state index contributed by atoms with van der Waals surface area (Å²) in [5, 5.41) is 2.88. The summed E-state index contributed by atoms with van der Waals surface area (Å²) >= 11 is 0. The van der Waals surface area contributed by atoms with Gasteiger partial charge < -0.3 is 10.2 Å². The predicted octanol–water partition coefficient (Wildman–Crippen LogP) is 4.20. The number of aromatic nitrogens is 1. The number of nitrogens with zero attached hydrogens (tertiary/aromatic N) is 2. The molecule has 2 amide bonds. The monoisotopic (exact) mass is 441 g/mol. The number of likely N-dealkylation sites (tertiary alicyclic amines) is 1. The van der Waals surface area contributed by atoms with Crippen LogP contribution >= 0.6 is 0 Å². The van der Waals surface area contributed by atoms with Gasteiger partial charge in [-0.3, -0.25) is 14.6 Å². The molecule has 0 bridgehead atoms. The number of piperidine rings is 1. The van der Waals surface area contributed by atoms with Gasteiger partial charge in [0, 0.05) is 38.1 Å². The van der Waals surface area contributed by atoms with E-state index in [1.165, 1.54) is 5.56 Å². The van der Waals surface area contributed by atoms with E-state index < -0.39 is 5.41 Å². The molecule has 0 saturated carbocycles. The van der Waals surface area contributed by atoms with E-state index in [4.69, 9.17) is 0 Å². The SMILES string of the molecule is CNC(=O)[C@]1(Cc2ccccc2-c2cccnc2)CCCN(C(=O)Cc2ccc(C)cc2)C1. The van der Waals surface area contributed by atoms with Gasteiger partial charge in [-0.15, -0.1) is 0 Å². The molecule has 0 unspecified atom stereocenters. The van der Waals surface area contributed by atoms with Crippen molar-refractivity contribution in [1.82, 2.24) is 15.2 Å². The van der Waals surface area contributed by atoms with Crippen LogP contribution in [0.2, 0.25) is 0 Å². The zero-order valence-electron chi connectivity index (χ0n) is 19.4. The van der Waals surface area contributed by atoms with Crippen LogP contribution in [0, 0.1) is 12.3 Å². The van der Waals surface area contributed by atoms with Gasteiger partial charge in [-0.25, -0.2) is 0 Å². The summed E-state index contributed by atoms with van der Waals surface area (Å²) in [5.41, 5.74) is 4.73. The minimum Gasteiger partial charge on any atom is -0.359 e. The molecule has 1 aliphatic heterocycles. The molecule has 170 valence electrons. The number of carbonyl (C=O) groups is 2. The zero-order chi connectivity index (χ0) is 23.3. The third-order valence-corrected chi connectivity index (χ3v) is 6.63. The van der Waals surface area contributed by atoms with E-state index in [1.54, 1.807) is 13.2 Å². The van der Waals surface area contributed by atoms with Gasteiger partial charge >= 0.3 is 0 Å². The molecule has 1 aromatic heterocycles. The molecule has 5 nitrogen and oxygen atoms in total. The molecule has 3 aromatic rings. The molecule has 2 aromatic carbocycles. The fourth-order valence-electron chi connectivity index (χ4n) is 4.85. The smallest absolute Gasteiger partial charge is 0.228 e. The molecule has 1 saturated heterocycles. The molecule has 1 atom stereocenters. The van der Waals surface area contributed by atoms with Crippen molar-refractivity contribution in [2.75, 3.05) is 20.1 Å². The Balaban J connectivity index is 1.60. The fraction of sp³-hybridized carbons (Fsp3) is 0.321. The third-order valence-electron chi connectivity index (χ3n) is 6.63. The lowest BCUT2D eigenvalue weighted by atomic mass is 9.73. The molecule has 1 aliphatic rings. The van der Waals surface area contributed by atoms with Crippen molar-refractivity contribution in [3.8, 4) is 11.1 Å². The maximum Gasteiger partial charge on any atom is 0.228 e. The summed E-state index contributed by atoms with van der Waals surface area (Å²) < 4.78 is 0. The highest BCUT2D eigenvalue weighted by molar-refractivity contribution is 5.85. The molecule has 0 aliphatic carbocycles. The van der Waals surface area contributed by atoms with E-state index in [1.807, 2.05) is 66.6 Å². The lowest BCUT2D eigenvalue weighted by molar-refractivity contribution is -0.141. The zero-order valence-corrected chi connectivity index (χ0v) is 19.4. The number of pyridine rings is 1. The Morgan fingerprint density at radius 3 is 2.58 bits per heavy atom. The van der Waals surface area contributed by atoms with Crippen LogP contribution in [0.4, 0.5) is 0 Å². The van der Waals surface area contributed by atoms with Crippen molar-refractivity contribution in [3.63, 3.8) is 0 Å². The van der Waals surface area contributed by atoms with Crippen LogP contribution in [0.15, 0.2) is 73.1 Å². The van der Waals surface area contributed by atoms with Crippen molar-refractivity contribution in [2.45, 2.75) is 32.6 Å². The molecule has 33 heavy (non-hydrogen) atoms. The van der Waals surface area contributed by atoms with E-state index >= 15 is 0 Å². The predicted molar refractivity (Wildman–Crippen MR) is 131 cm³/mol. The van der Waals surface area contributed by atoms with Gasteiger partial charge in [-0.1, -0.05) is 60.2 Å². The van der Waals surface area contributed by atoms with Crippen LogP contribution < -0.4 is 5.32 Å². The average molecular weight is 442 g/mol. The minimum atomic E-state index is -0.658. The standard InChI is InChI=1S/C28H31N3O2/c1-21-10-12-22(13-11-21)17-26(32)31-16-6-14-28(20-31,27(33)29-2)18-23-7-3-4-9-25(23)24-8-5-15-30-19-24/h3-5,7-13,15,19H,6,14,16-18,20H2,1-2H3,(H,29,33)/t28-/m0/s1. The first kappa shape index (κ1) is 22.7. The van der Waals surface area contributed by atoms with Crippen LogP contribution in [0.25, 0.3) is 11.1 Å². The highest BCUT2D eigenvalue weighted by Crippen LogP contribution is 2.37. The van der Waals surface area contributed by atoms with Gasteiger partial charge in [0.15, 0.2) is 0 Å².